The highest BCUT2D eigenvalue weighted by Gasteiger charge is 2.16. The number of benzene rings is 8. The van der Waals surface area contributed by atoms with Crippen molar-refractivity contribution in [1.82, 2.24) is 0 Å². The fraction of sp³-hybridized carbons (Fsp3) is 0.167. The van der Waals surface area contributed by atoms with Crippen LogP contribution in [0.1, 0.15) is 52.7 Å². The molecule has 0 fully saturated rings. The van der Waals surface area contributed by atoms with Crippen LogP contribution in [0.3, 0.4) is 0 Å². The molecule has 0 heteroatoms. The quantitative estimate of drug-likeness (QED) is 0.173. The second kappa shape index (κ2) is 11.2. The molecule has 0 aliphatic carbocycles. The summed E-state index contributed by atoms with van der Waals surface area (Å²) in [5.41, 5.74) is 10.4. The lowest BCUT2D eigenvalue weighted by Gasteiger charge is -2.20. The molecule has 0 N–H and O–H groups in total. The fourth-order valence-corrected chi connectivity index (χ4v) is 7.19. The lowest BCUT2D eigenvalue weighted by Crippen LogP contribution is -2.10. The summed E-state index contributed by atoms with van der Waals surface area (Å²) in [5, 5.41) is 10.3. The molecule has 0 saturated heterocycles. The first-order valence-corrected chi connectivity index (χ1v) is 17.2. The highest BCUT2D eigenvalue weighted by atomic mass is 14.2. The SMILES string of the molecule is CC(C)(C)c1ccc2c(ccc3cc(-c4cc(-c5ccccc5)cc(-c5ccc6c(ccc7cc(C(C)(C)C)ccc76)c5)c4)ccc32)c1. The molecule has 234 valence electrons. The largest absolute Gasteiger partial charge is 0.0622 e. The Bertz CT molecular complexity index is 2340. The number of hydrogen-bond acceptors (Lipinski definition) is 0. The third-order valence-electron chi connectivity index (χ3n) is 10.1. The molecule has 0 saturated carbocycles. The topological polar surface area (TPSA) is 0 Å². The molecule has 8 rings (SSSR count). The van der Waals surface area contributed by atoms with Gasteiger partial charge in [-0.2, -0.15) is 0 Å². The van der Waals surface area contributed by atoms with Gasteiger partial charge in [0.1, 0.15) is 0 Å². The molecule has 0 aromatic heterocycles. The van der Waals surface area contributed by atoms with Gasteiger partial charge in [-0.1, -0.05) is 157 Å². The smallest absolute Gasteiger partial charge is 0.0105 e. The average Bonchev–Trinajstić information content (AvgIpc) is 3.10. The second-order valence-electron chi connectivity index (χ2n) is 15.5. The first kappa shape index (κ1) is 30.2. The maximum absolute atomic E-state index is 2.36. The summed E-state index contributed by atoms with van der Waals surface area (Å²) < 4.78 is 0. The second-order valence-corrected chi connectivity index (χ2v) is 15.5. The van der Waals surface area contributed by atoms with Gasteiger partial charge in [-0.25, -0.2) is 0 Å². The van der Waals surface area contributed by atoms with Crippen LogP contribution in [0.5, 0.6) is 0 Å². The Labute approximate surface area is 284 Å². The molecule has 0 heterocycles. The Balaban J connectivity index is 1.25. The van der Waals surface area contributed by atoms with Crippen LogP contribution < -0.4 is 0 Å². The molecule has 8 aromatic carbocycles. The number of hydrogen-bond donors (Lipinski definition) is 0. The van der Waals surface area contributed by atoms with Crippen LogP contribution in [-0.2, 0) is 10.8 Å². The molecule has 0 unspecified atom stereocenters. The molecule has 0 amide bonds. The summed E-state index contributed by atoms with van der Waals surface area (Å²) in [7, 11) is 0. The lowest BCUT2D eigenvalue weighted by molar-refractivity contribution is 0.591. The Morgan fingerprint density at radius 1 is 0.271 bits per heavy atom. The van der Waals surface area contributed by atoms with Crippen molar-refractivity contribution in [3.05, 3.63) is 157 Å². The van der Waals surface area contributed by atoms with Gasteiger partial charge in [-0.15, -0.1) is 0 Å². The van der Waals surface area contributed by atoms with Gasteiger partial charge in [0.15, 0.2) is 0 Å². The molecule has 0 atom stereocenters. The minimum atomic E-state index is 0.128. The van der Waals surface area contributed by atoms with Crippen LogP contribution in [0.25, 0.3) is 76.5 Å². The van der Waals surface area contributed by atoms with Crippen LogP contribution in [0.2, 0.25) is 0 Å². The monoisotopic (exact) mass is 618 g/mol. The van der Waals surface area contributed by atoms with E-state index in [1.807, 2.05) is 0 Å². The third-order valence-corrected chi connectivity index (χ3v) is 10.1. The molecular formula is C48H42. The zero-order valence-corrected chi connectivity index (χ0v) is 28.9. The normalized spacial score (nSPS) is 12.4. The number of rotatable bonds is 3. The van der Waals surface area contributed by atoms with E-state index in [-0.39, 0.29) is 10.8 Å². The molecule has 0 bridgehead atoms. The Kier molecular flexibility index (Phi) is 7.04. The summed E-state index contributed by atoms with van der Waals surface area (Å²) >= 11 is 0. The van der Waals surface area contributed by atoms with Crippen molar-refractivity contribution in [3.8, 4) is 33.4 Å². The molecule has 0 aliphatic rings. The lowest BCUT2D eigenvalue weighted by atomic mass is 9.85. The van der Waals surface area contributed by atoms with Crippen molar-refractivity contribution in [2.45, 2.75) is 52.4 Å². The van der Waals surface area contributed by atoms with Gasteiger partial charge in [0.05, 0.1) is 0 Å². The van der Waals surface area contributed by atoms with E-state index in [0.717, 1.165) is 0 Å². The summed E-state index contributed by atoms with van der Waals surface area (Å²) in [6.07, 6.45) is 0. The molecule has 0 nitrogen and oxygen atoms in total. The van der Waals surface area contributed by atoms with E-state index in [0.29, 0.717) is 0 Å². The predicted molar refractivity (Wildman–Crippen MR) is 210 cm³/mol. The third kappa shape index (κ3) is 5.46. The van der Waals surface area contributed by atoms with E-state index in [4.69, 9.17) is 0 Å². The van der Waals surface area contributed by atoms with Crippen molar-refractivity contribution in [2.24, 2.45) is 0 Å². The summed E-state index contributed by atoms with van der Waals surface area (Å²) in [6.45, 7) is 13.7. The predicted octanol–water partition coefficient (Wildman–Crippen LogP) is 13.9. The van der Waals surface area contributed by atoms with Gasteiger partial charge in [-0.05, 0) is 129 Å². The van der Waals surface area contributed by atoms with Crippen LogP contribution in [0, 0.1) is 0 Å². The van der Waals surface area contributed by atoms with Crippen molar-refractivity contribution in [2.75, 3.05) is 0 Å². The van der Waals surface area contributed by atoms with Gasteiger partial charge >= 0.3 is 0 Å². The fourth-order valence-electron chi connectivity index (χ4n) is 7.19. The summed E-state index contributed by atoms with van der Waals surface area (Å²) in [4.78, 5) is 0. The standard InChI is InChI=1S/C48H42/c1-47(2,3)41-18-22-45-36(29-41)14-12-34-24-32(16-20-43(34)45)39-26-38(31-10-8-7-9-11-31)27-40(28-39)33-17-21-44-35(25-33)13-15-37-30-42(48(4,5)6)19-23-46(37)44/h7-30H,1-6H3. The first-order chi connectivity index (χ1) is 23.0. The van der Waals surface area contributed by atoms with E-state index in [1.54, 1.807) is 0 Å². The average molecular weight is 619 g/mol. The van der Waals surface area contributed by atoms with Crippen LogP contribution in [-0.4, -0.2) is 0 Å². The highest BCUT2D eigenvalue weighted by Crippen LogP contribution is 2.38. The molecule has 8 aromatic rings. The maximum Gasteiger partial charge on any atom is -0.0105 e. The van der Waals surface area contributed by atoms with E-state index in [1.165, 1.54) is 87.6 Å². The minimum Gasteiger partial charge on any atom is -0.0622 e. The molecular weight excluding hydrogens is 577 g/mol. The van der Waals surface area contributed by atoms with Crippen LogP contribution >= 0.6 is 0 Å². The van der Waals surface area contributed by atoms with Gasteiger partial charge in [0.2, 0.25) is 0 Å². The summed E-state index contributed by atoms with van der Waals surface area (Å²) in [5.74, 6) is 0. The summed E-state index contributed by atoms with van der Waals surface area (Å²) in [6, 6.07) is 54.8. The zero-order valence-electron chi connectivity index (χ0n) is 28.9. The van der Waals surface area contributed by atoms with Gasteiger partial charge in [0.25, 0.3) is 0 Å². The van der Waals surface area contributed by atoms with Crippen LogP contribution in [0.4, 0.5) is 0 Å². The molecule has 0 spiro atoms. The molecule has 0 radical (unpaired) electrons. The maximum atomic E-state index is 2.36. The van der Waals surface area contributed by atoms with Gasteiger partial charge in [0, 0.05) is 0 Å². The minimum absolute atomic E-state index is 0.128. The molecule has 0 aliphatic heterocycles. The number of fused-ring (bicyclic) bond motifs is 6. The van der Waals surface area contributed by atoms with Crippen molar-refractivity contribution < 1.29 is 0 Å². The Morgan fingerprint density at radius 3 is 1.02 bits per heavy atom. The molecule has 48 heavy (non-hydrogen) atoms. The van der Waals surface area contributed by atoms with Crippen molar-refractivity contribution >= 4 is 43.1 Å². The first-order valence-electron chi connectivity index (χ1n) is 17.2. The van der Waals surface area contributed by atoms with Gasteiger partial charge in [-0.3, -0.25) is 0 Å². The van der Waals surface area contributed by atoms with E-state index in [9.17, 15) is 0 Å². The van der Waals surface area contributed by atoms with E-state index >= 15 is 0 Å². The van der Waals surface area contributed by atoms with Gasteiger partial charge < -0.3 is 0 Å². The van der Waals surface area contributed by atoms with Crippen LogP contribution in [0.15, 0.2) is 146 Å². The zero-order chi connectivity index (χ0) is 33.2. The van der Waals surface area contributed by atoms with Crippen molar-refractivity contribution in [3.63, 3.8) is 0 Å². The Hall–Kier alpha value is -5.20. The Morgan fingerprint density at radius 2 is 0.625 bits per heavy atom. The van der Waals surface area contributed by atoms with E-state index in [2.05, 4.69) is 187 Å². The van der Waals surface area contributed by atoms with E-state index < -0.39 is 0 Å². The highest BCUT2D eigenvalue weighted by molar-refractivity contribution is 6.10. The van der Waals surface area contributed by atoms with Crippen molar-refractivity contribution in [1.29, 1.82) is 0 Å².